The molecule has 0 saturated heterocycles. The molecular formula is C8H17NO. The van der Waals surface area contributed by atoms with E-state index in [1.165, 1.54) is 19.3 Å². The summed E-state index contributed by atoms with van der Waals surface area (Å²) in [6.07, 6.45) is 4.33. The summed E-state index contributed by atoms with van der Waals surface area (Å²) in [5, 5.41) is 0. The third-order valence-corrected chi connectivity index (χ3v) is 2.38. The van der Waals surface area contributed by atoms with Gasteiger partial charge in [0.1, 0.15) is 0 Å². The second-order valence-electron chi connectivity index (χ2n) is 3.24. The van der Waals surface area contributed by atoms with Crippen molar-refractivity contribution in [2.45, 2.75) is 31.4 Å². The summed E-state index contributed by atoms with van der Waals surface area (Å²) < 4.78 is 5.34. The maximum Gasteiger partial charge on any atom is 0.0726 e. The topological polar surface area (TPSA) is 12.5 Å². The molecule has 2 nitrogen and oxygen atoms in total. The van der Waals surface area contributed by atoms with Crippen LogP contribution in [0, 0.1) is 0 Å². The number of ether oxygens (including phenoxy) is 1. The molecule has 0 aromatic heterocycles. The molecule has 0 aromatic rings. The van der Waals surface area contributed by atoms with Crippen LogP contribution in [0.25, 0.3) is 0 Å². The van der Waals surface area contributed by atoms with Gasteiger partial charge in [0.15, 0.2) is 0 Å². The van der Waals surface area contributed by atoms with Gasteiger partial charge >= 0.3 is 0 Å². The van der Waals surface area contributed by atoms with Crippen LogP contribution in [-0.2, 0) is 4.74 Å². The van der Waals surface area contributed by atoms with Crippen molar-refractivity contribution in [2.24, 2.45) is 0 Å². The van der Waals surface area contributed by atoms with Crippen LogP contribution in [0.4, 0.5) is 0 Å². The number of methoxy groups -OCH3 is 1. The van der Waals surface area contributed by atoms with Crippen LogP contribution in [0.3, 0.4) is 0 Å². The lowest BCUT2D eigenvalue weighted by Gasteiger charge is -2.24. The fraction of sp³-hybridized carbons (Fsp3) is 1.00. The number of hydrogen-bond acceptors (Lipinski definition) is 2. The summed E-state index contributed by atoms with van der Waals surface area (Å²) in [7, 11) is 6.07. The number of hydrogen-bond donors (Lipinski definition) is 0. The second-order valence-corrected chi connectivity index (χ2v) is 3.24. The summed E-state index contributed by atoms with van der Waals surface area (Å²) in [6.45, 7) is 0. The maximum atomic E-state index is 5.34. The van der Waals surface area contributed by atoms with Gasteiger partial charge in [-0.1, -0.05) is 0 Å². The minimum absolute atomic E-state index is 0.481. The van der Waals surface area contributed by atoms with Gasteiger partial charge in [-0.05, 0) is 33.4 Å². The molecule has 0 spiro atoms. The molecule has 0 unspecified atom stereocenters. The average Bonchev–Trinajstić information content (AvgIpc) is 2.33. The lowest BCUT2D eigenvalue weighted by atomic mass is 10.2. The zero-order chi connectivity index (χ0) is 7.56. The summed E-state index contributed by atoms with van der Waals surface area (Å²) in [4.78, 5) is 2.27. The Morgan fingerprint density at radius 1 is 1.30 bits per heavy atom. The quantitative estimate of drug-likeness (QED) is 0.574. The van der Waals surface area contributed by atoms with Gasteiger partial charge in [0.2, 0.25) is 0 Å². The highest BCUT2D eigenvalue weighted by Gasteiger charge is 2.28. The molecule has 1 aliphatic carbocycles. The van der Waals surface area contributed by atoms with Gasteiger partial charge in [0, 0.05) is 13.2 Å². The van der Waals surface area contributed by atoms with E-state index < -0.39 is 0 Å². The van der Waals surface area contributed by atoms with E-state index in [1.54, 1.807) is 0 Å². The monoisotopic (exact) mass is 143 g/mol. The lowest BCUT2D eigenvalue weighted by Crippen LogP contribution is -2.35. The molecule has 2 atom stereocenters. The minimum atomic E-state index is 0.481. The van der Waals surface area contributed by atoms with Crippen molar-refractivity contribution in [3.05, 3.63) is 0 Å². The first kappa shape index (κ1) is 8.02. The molecule has 0 aromatic carbocycles. The van der Waals surface area contributed by atoms with Crippen LogP contribution in [0.2, 0.25) is 0 Å². The Kier molecular flexibility index (Phi) is 2.69. The lowest BCUT2D eigenvalue weighted by molar-refractivity contribution is 0.0520. The summed E-state index contributed by atoms with van der Waals surface area (Å²) >= 11 is 0. The highest BCUT2D eigenvalue weighted by atomic mass is 16.5. The largest absolute Gasteiger partial charge is 0.380 e. The van der Waals surface area contributed by atoms with Crippen molar-refractivity contribution in [3.63, 3.8) is 0 Å². The van der Waals surface area contributed by atoms with E-state index in [0.717, 1.165) is 0 Å². The standard InChI is InChI=1S/C8H17NO/c1-9(2)7-5-4-6-8(7)10-3/h7-8H,4-6H2,1-3H3/t7-,8-/m1/s1. The van der Waals surface area contributed by atoms with Crippen LogP contribution in [0.15, 0.2) is 0 Å². The highest BCUT2D eigenvalue weighted by Crippen LogP contribution is 2.24. The van der Waals surface area contributed by atoms with Crippen molar-refractivity contribution in [3.8, 4) is 0 Å². The van der Waals surface area contributed by atoms with Crippen molar-refractivity contribution in [1.82, 2.24) is 4.90 Å². The molecule has 0 bridgehead atoms. The molecule has 0 aliphatic heterocycles. The highest BCUT2D eigenvalue weighted by molar-refractivity contribution is 4.83. The average molecular weight is 143 g/mol. The Morgan fingerprint density at radius 2 is 2.00 bits per heavy atom. The molecule has 1 saturated carbocycles. The van der Waals surface area contributed by atoms with Crippen LogP contribution in [0.1, 0.15) is 19.3 Å². The molecule has 1 aliphatic rings. The maximum absolute atomic E-state index is 5.34. The van der Waals surface area contributed by atoms with Gasteiger partial charge in [-0.3, -0.25) is 0 Å². The fourth-order valence-electron chi connectivity index (χ4n) is 1.77. The Balaban J connectivity index is 2.42. The van der Waals surface area contributed by atoms with Crippen molar-refractivity contribution in [1.29, 1.82) is 0 Å². The van der Waals surface area contributed by atoms with Crippen LogP contribution in [-0.4, -0.2) is 38.3 Å². The van der Waals surface area contributed by atoms with E-state index in [-0.39, 0.29) is 0 Å². The molecule has 0 radical (unpaired) electrons. The molecule has 60 valence electrons. The van der Waals surface area contributed by atoms with Crippen LogP contribution >= 0.6 is 0 Å². The van der Waals surface area contributed by atoms with E-state index >= 15 is 0 Å². The summed E-state index contributed by atoms with van der Waals surface area (Å²) in [5.41, 5.74) is 0. The van der Waals surface area contributed by atoms with Gasteiger partial charge in [0.05, 0.1) is 6.10 Å². The smallest absolute Gasteiger partial charge is 0.0726 e. The molecule has 0 amide bonds. The number of rotatable bonds is 2. The van der Waals surface area contributed by atoms with Gasteiger partial charge in [-0.2, -0.15) is 0 Å². The SMILES string of the molecule is CO[C@@H]1CCC[C@H]1N(C)C. The van der Waals surface area contributed by atoms with Crippen molar-refractivity contribution in [2.75, 3.05) is 21.2 Å². The van der Waals surface area contributed by atoms with E-state index in [4.69, 9.17) is 4.74 Å². The molecule has 10 heavy (non-hydrogen) atoms. The zero-order valence-corrected chi connectivity index (χ0v) is 7.13. The molecule has 0 heterocycles. The molecule has 2 heteroatoms. The van der Waals surface area contributed by atoms with Crippen LogP contribution < -0.4 is 0 Å². The van der Waals surface area contributed by atoms with Crippen LogP contribution in [0.5, 0.6) is 0 Å². The Hall–Kier alpha value is -0.0800. The zero-order valence-electron chi connectivity index (χ0n) is 7.13. The van der Waals surface area contributed by atoms with Gasteiger partial charge in [0.25, 0.3) is 0 Å². The summed E-state index contributed by atoms with van der Waals surface area (Å²) in [5.74, 6) is 0. The Morgan fingerprint density at radius 3 is 2.40 bits per heavy atom. The van der Waals surface area contributed by atoms with Gasteiger partial charge in [-0.15, -0.1) is 0 Å². The predicted molar refractivity (Wildman–Crippen MR) is 42.1 cm³/mol. The Bertz CT molecular complexity index is 103. The molecule has 0 N–H and O–H groups in total. The van der Waals surface area contributed by atoms with E-state index in [2.05, 4.69) is 19.0 Å². The first-order valence-corrected chi connectivity index (χ1v) is 3.95. The predicted octanol–water partition coefficient (Wildman–Crippen LogP) is 1.12. The van der Waals surface area contributed by atoms with E-state index in [9.17, 15) is 0 Å². The first-order valence-electron chi connectivity index (χ1n) is 3.95. The fourth-order valence-corrected chi connectivity index (χ4v) is 1.77. The first-order chi connectivity index (χ1) is 4.75. The molecular weight excluding hydrogens is 126 g/mol. The minimum Gasteiger partial charge on any atom is -0.380 e. The van der Waals surface area contributed by atoms with Gasteiger partial charge < -0.3 is 9.64 Å². The van der Waals surface area contributed by atoms with Gasteiger partial charge in [-0.25, -0.2) is 0 Å². The van der Waals surface area contributed by atoms with E-state index in [0.29, 0.717) is 12.1 Å². The normalized spacial score (nSPS) is 33.6. The summed E-state index contributed by atoms with van der Waals surface area (Å²) in [6, 6.07) is 0.657. The second kappa shape index (κ2) is 3.35. The number of likely N-dealkylation sites (N-methyl/N-ethyl adjacent to an activating group) is 1. The third kappa shape index (κ3) is 1.50. The van der Waals surface area contributed by atoms with Crippen molar-refractivity contribution >= 4 is 0 Å². The van der Waals surface area contributed by atoms with E-state index in [1.807, 2.05) is 7.11 Å². The van der Waals surface area contributed by atoms with Crippen molar-refractivity contribution < 1.29 is 4.74 Å². The molecule has 1 fully saturated rings. The number of nitrogens with zero attached hydrogens (tertiary/aromatic N) is 1. The third-order valence-electron chi connectivity index (χ3n) is 2.38. The Labute approximate surface area is 63.2 Å². The molecule has 1 rings (SSSR count).